The van der Waals surface area contributed by atoms with Gasteiger partial charge >= 0.3 is 12.1 Å². The van der Waals surface area contributed by atoms with Crippen molar-refractivity contribution >= 4 is 41.1 Å². The average Bonchev–Trinajstić information content (AvgIpc) is 3.28. The van der Waals surface area contributed by atoms with Crippen molar-refractivity contribution < 1.29 is 23.9 Å². The zero-order valence-corrected chi connectivity index (χ0v) is 23.2. The monoisotopic (exact) mass is 551 g/mol. The lowest BCUT2D eigenvalue weighted by molar-refractivity contribution is 0.0595. The van der Waals surface area contributed by atoms with Gasteiger partial charge in [0.25, 0.3) is 5.91 Å². The smallest absolute Gasteiger partial charge is 0.415 e. The summed E-state index contributed by atoms with van der Waals surface area (Å²) in [6.07, 6.45) is 0.0544. The Morgan fingerprint density at radius 2 is 1.90 bits per heavy atom. The number of hydrogen-bond donors (Lipinski definition) is 1. The third-order valence-electron chi connectivity index (χ3n) is 6.32. The number of amides is 2. The Bertz CT molecular complexity index is 1400. The van der Waals surface area contributed by atoms with Gasteiger partial charge in [-0.2, -0.15) is 0 Å². The second-order valence-electron chi connectivity index (χ2n) is 9.52. The van der Waals surface area contributed by atoms with E-state index in [4.69, 9.17) is 26.1 Å². The molecule has 0 saturated carbocycles. The van der Waals surface area contributed by atoms with Gasteiger partial charge in [0.15, 0.2) is 5.69 Å². The van der Waals surface area contributed by atoms with Crippen LogP contribution in [0.15, 0.2) is 48.5 Å². The quantitative estimate of drug-likeness (QED) is 0.317. The van der Waals surface area contributed by atoms with Crippen LogP contribution in [0.4, 0.5) is 16.3 Å². The van der Waals surface area contributed by atoms with Crippen LogP contribution in [0.1, 0.15) is 50.6 Å². The Balaban J connectivity index is 1.57. The molecule has 3 aromatic rings. The SMILES string of the molecule is COC(=O)c1nc(Cl)ccc1N[C@H](C)c1cc(C)cc(N2C(=O)OC[C@@H]2Cc2ccc(C(=O)N(C)C)cc2)n1. The number of benzene rings is 1. The first-order valence-electron chi connectivity index (χ1n) is 12.3. The minimum atomic E-state index is -0.619. The van der Waals surface area contributed by atoms with Gasteiger partial charge in [-0.1, -0.05) is 23.7 Å². The maximum absolute atomic E-state index is 12.8. The highest BCUT2D eigenvalue weighted by atomic mass is 35.5. The maximum Gasteiger partial charge on any atom is 0.415 e. The molecule has 0 spiro atoms. The van der Waals surface area contributed by atoms with Gasteiger partial charge in [0.05, 0.1) is 30.6 Å². The molecule has 0 aliphatic carbocycles. The highest BCUT2D eigenvalue weighted by Gasteiger charge is 2.35. The number of hydrogen-bond acceptors (Lipinski definition) is 8. The molecule has 2 atom stereocenters. The number of aryl methyl sites for hydroxylation is 1. The zero-order valence-electron chi connectivity index (χ0n) is 22.4. The van der Waals surface area contributed by atoms with E-state index in [1.54, 1.807) is 43.3 Å². The van der Waals surface area contributed by atoms with Crippen molar-refractivity contribution in [2.75, 3.05) is 38.0 Å². The number of methoxy groups -OCH3 is 1. The molecule has 3 heterocycles. The van der Waals surface area contributed by atoms with E-state index in [1.165, 1.54) is 12.0 Å². The van der Waals surface area contributed by atoms with Crippen LogP contribution < -0.4 is 10.2 Å². The molecule has 1 fully saturated rings. The summed E-state index contributed by atoms with van der Waals surface area (Å²) in [5.41, 5.74) is 3.62. The molecule has 4 rings (SSSR count). The number of rotatable bonds is 8. The molecule has 1 aliphatic rings. The third-order valence-corrected chi connectivity index (χ3v) is 6.53. The fourth-order valence-corrected chi connectivity index (χ4v) is 4.48. The number of ether oxygens (including phenoxy) is 2. The van der Waals surface area contributed by atoms with Gasteiger partial charge in [0.1, 0.15) is 17.6 Å². The van der Waals surface area contributed by atoms with E-state index in [0.29, 0.717) is 29.2 Å². The molecule has 1 saturated heterocycles. The van der Waals surface area contributed by atoms with Crippen LogP contribution in [0.25, 0.3) is 0 Å². The van der Waals surface area contributed by atoms with Crippen molar-refractivity contribution in [1.82, 2.24) is 14.9 Å². The molecule has 0 radical (unpaired) electrons. The molecule has 1 aromatic carbocycles. The van der Waals surface area contributed by atoms with Crippen LogP contribution in [-0.2, 0) is 15.9 Å². The molecular formula is C28H30ClN5O5. The molecule has 204 valence electrons. The van der Waals surface area contributed by atoms with E-state index in [0.717, 1.165) is 11.1 Å². The van der Waals surface area contributed by atoms with Crippen molar-refractivity contribution in [3.05, 3.63) is 81.8 Å². The number of pyridine rings is 2. The van der Waals surface area contributed by atoms with Crippen LogP contribution in [0, 0.1) is 6.92 Å². The molecule has 1 aliphatic heterocycles. The van der Waals surface area contributed by atoms with Crippen LogP contribution in [0.3, 0.4) is 0 Å². The van der Waals surface area contributed by atoms with Crippen LogP contribution in [0.2, 0.25) is 5.15 Å². The summed E-state index contributed by atoms with van der Waals surface area (Å²) in [4.78, 5) is 49.2. The molecule has 2 aromatic heterocycles. The normalized spacial score (nSPS) is 15.5. The van der Waals surface area contributed by atoms with E-state index in [-0.39, 0.29) is 35.4 Å². The van der Waals surface area contributed by atoms with Crippen LogP contribution in [0.5, 0.6) is 0 Å². The topological polar surface area (TPSA) is 114 Å². The van der Waals surface area contributed by atoms with E-state index < -0.39 is 12.1 Å². The van der Waals surface area contributed by atoms with Crippen molar-refractivity contribution in [2.24, 2.45) is 0 Å². The largest absolute Gasteiger partial charge is 0.464 e. The van der Waals surface area contributed by atoms with Crippen LogP contribution >= 0.6 is 11.6 Å². The first kappa shape index (κ1) is 27.8. The van der Waals surface area contributed by atoms with Crippen molar-refractivity contribution in [3.8, 4) is 0 Å². The van der Waals surface area contributed by atoms with Gasteiger partial charge < -0.3 is 19.7 Å². The standard InChI is InChI=1S/C28H30ClN5O5/c1-16-12-22(17(2)30-21-10-11-23(29)32-25(21)27(36)38-5)31-24(13-16)34-20(15-39-28(34)37)14-18-6-8-19(9-7-18)26(35)33(3)4/h6-13,17,20,30H,14-15H2,1-5H3/t17-,20+/m1/s1. The van der Waals surface area contributed by atoms with Gasteiger partial charge in [0.2, 0.25) is 0 Å². The van der Waals surface area contributed by atoms with E-state index in [9.17, 15) is 14.4 Å². The number of anilines is 2. The third kappa shape index (κ3) is 6.28. The first-order valence-corrected chi connectivity index (χ1v) is 12.7. The molecule has 11 heteroatoms. The average molecular weight is 552 g/mol. The lowest BCUT2D eigenvalue weighted by atomic mass is 10.0. The summed E-state index contributed by atoms with van der Waals surface area (Å²) in [5.74, 6) is -0.227. The molecule has 39 heavy (non-hydrogen) atoms. The van der Waals surface area contributed by atoms with Gasteiger partial charge in [-0.15, -0.1) is 0 Å². The second kappa shape index (κ2) is 11.7. The Morgan fingerprint density at radius 1 is 1.18 bits per heavy atom. The highest BCUT2D eigenvalue weighted by molar-refractivity contribution is 6.29. The number of halogens is 1. The number of carbonyl (C=O) groups is 3. The first-order chi connectivity index (χ1) is 18.6. The fourth-order valence-electron chi connectivity index (χ4n) is 4.34. The Morgan fingerprint density at radius 3 is 2.56 bits per heavy atom. The summed E-state index contributed by atoms with van der Waals surface area (Å²) in [5, 5.41) is 3.42. The van der Waals surface area contributed by atoms with E-state index in [1.807, 2.05) is 38.1 Å². The fraction of sp³-hybridized carbons (Fsp3) is 0.321. The minimum Gasteiger partial charge on any atom is -0.464 e. The summed E-state index contributed by atoms with van der Waals surface area (Å²) >= 11 is 5.98. The van der Waals surface area contributed by atoms with Gasteiger partial charge in [-0.3, -0.25) is 9.69 Å². The predicted octanol–water partition coefficient (Wildman–Crippen LogP) is 4.67. The summed E-state index contributed by atoms with van der Waals surface area (Å²) in [6.45, 7) is 4.02. The molecule has 10 nitrogen and oxygen atoms in total. The summed E-state index contributed by atoms with van der Waals surface area (Å²) in [6, 6.07) is 13.7. The zero-order chi connectivity index (χ0) is 28.3. The molecule has 2 amide bonds. The number of nitrogens with zero attached hydrogens (tertiary/aromatic N) is 4. The van der Waals surface area contributed by atoms with Crippen molar-refractivity contribution in [3.63, 3.8) is 0 Å². The van der Waals surface area contributed by atoms with Gasteiger partial charge in [0, 0.05) is 19.7 Å². The Kier molecular flexibility index (Phi) is 8.35. The Hall–Kier alpha value is -4.18. The number of esters is 1. The maximum atomic E-state index is 12.8. The minimum absolute atomic E-state index is 0.0613. The van der Waals surface area contributed by atoms with Crippen molar-refractivity contribution in [1.29, 1.82) is 0 Å². The molecular weight excluding hydrogens is 522 g/mol. The lowest BCUT2D eigenvalue weighted by Gasteiger charge is -2.23. The lowest BCUT2D eigenvalue weighted by Crippen LogP contribution is -2.36. The van der Waals surface area contributed by atoms with Crippen molar-refractivity contribution in [2.45, 2.75) is 32.4 Å². The molecule has 0 bridgehead atoms. The van der Waals surface area contributed by atoms with E-state index >= 15 is 0 Å². The second-order valence-corrected chi connectivity index (χ2v) is 9.90. The molecule has 0 unspecified atom stereocenters. The highest BCUT2D eigenvalue weighted by Crippen LogP contribution is 2.29. The van der Waals surface area contributed by atoms with E-state index in [2.05, 4.69) is 10.3 Å². The van der Waals surface area contributed by atoms with Gasteiger partial charge in [-0.05, 0) is 67.8 Å². The van der Waals surface area contributed by atoms with Gasteiger partial charge in [-0.25, -0.2) is 19.6 Å². The number of cyclic esters (lactones) is 1. The van der Waals surface area contributed by atoms with Crippen LogP contribution in [-0.4, -0.2) is 66.7 Å². The number of aromatic nitrogens is 2. The number of carbonyl (C=O) groups excluding carboxylic acids is 3. The molecule has 1 N–H and O–H groups in total. The predicted molar refractivity (Wildman–Crippen MR) is 147 cm³/mol. The number of nitrogens with one attached hydrogen (secondary N) is 1. The Labute approximate surface area is 231 Å². The summed E-state index contributed by atoms with van der Waals surface area (Å²) < 4.78 is 10.2. The summed E-state index contributed by atoms with van der Waals surface area (Å²) in [7, 11) is 4.69.